The van der Waals surface area contributed by atoms with E-state index in [1.807, 2.05) is 6.07 Å². The molecule has 1 aliphatic rings. The number of nitriles is 1. The van der Waals surface area contributed by atoms with Gasteiger partial charge in [-0.05, 0) is 42.8 Å². The average Bonchev–Trinajstić information content (AvgIpc) is 3.20. The van der Waals surface area contributed by atoms with Gasteiger partial charge >= 0.3 is 5.97 Å². The fourth-order valence-electron chi connectivity index (χ4n) is 2.83. The second kappa shape index (κ2) is 8.67. The van der Waals surface area contributed by atoms with E-state index in [-0.39, 0.29) is 5.91 Å². The molecule has 1 fully saturated rings. The fraction of sp³-hybridized carbons (Fsp3) is 0.190. The van der Waals surface area contributed by atoms with Gasteiger partial charge in [0.05, 0.1) is 11.6 Å². The van der Waals surface area contributed by atoms with Crippen LogP contribution in [-0.4, -0.2) is 35.5 Å². The highest BCUT2D eigenvalue weighted by atomic mass is 16.6. The van der Waals surface area contributed by atoms with Gasteiger partial charge in [-0.3, -0.25) is 4.79 Å². The van der Waals surface area contributed by atoms with E-state index in [1.165, 1.54) is 10.8 Å². The smallest absolute Gasteiger partial charge is 0.388 e. The molecule has 1 unspecified atom stereocenters. The Morgan fingerprint density at radius 3 is 2.43 bits per heavy atom. The summed E-state index contributed by atoms with van der Waals surface area (Å²) in [6.07, 6.45) is 0.295. The van der Waals surface area contributed by atoms with E-state index in [1.54, 1.807) is 54.6 Å². The fourth-order valence-corrected chi connectivity index (χ4v) is 2.83. The zero-order valence-electron chi connectivity index (χ0n) is 14.8. The van der Waals surface area contributed by atoms with Crippen LogP contribution in [0.15, 0.2) is 60.4 Å². The maximum atomic E-state index is 12.7. The molecular weight excluding hydrogens is 360 g/mol. The van der Waals surface area contributed by atoms with Crippen LogP contribution in [0.2, 0.25) is 0 Å². The highest BCUT2D eigenvalue weighted by molar-refractivity contribution is 5.96. The van der Waals surface area contributed by atoms with Crippen LogP contribution in [0.25, 0.3) is 0 Å². The standard InChI is InChI=1S/C21H16N2O5/c22-13-15-8-10-16(11-9-15)20(25)23-12-4-7-19(23)28-21(26)18(14-24)27-17-5-2-1-3-6-17/h1-3,5-6,8-11,19H,4,7,12H2. The lowest BCUT2D eigenvalue weighted by molar-refractivity contribution is -0.152. The van der Waals surface area contributed by atoms with Gasteiger partial charge in [0.2, 0.25) is 0 Å². The predicted molar refractivity (Wildman–Crippen MR) is 97.6 cm³/mol. The summed E-state index contributed by atoms with van der Waals surface area (Å²) in [7, 11) is 0. The molecule has 2 aromatic rings. The molecule has 0 N–H and O–H groups in total. The summed E-state index contributed by atoms with van der Waals surface area (Å²) < 4.78 is 10.6. The lowest BCUT2D eigenvalue weighted by Crippen LogP contribution is -2.39. The minimum Gasteiger partial charge on any atom is -0.439 e. The molecule has 1 heterocycles. The van der Waals surface area contributed by atoms with Gasteiger partial charge in [-0.25, -0.2) is 9.59 Å². The summed E-state index contributed by atoms with van der Waals surface area (Å²) in [6, 6.07) is 16.5. The maximum absolute atomic E-state index is 12.7. The molecule has 3 rings (SSSR count). The van der Waals surface area contributed by atoms with Crippen molar-refractivity contribution in [2.75, 3.05) is 6.54 Å². The van der Waals surface area contributed by atoms with Gasteiger partial charge in [0.25, 0.3) is 11.7 Å². The molecule has 0 saturated carbocycles. The molecule has 0 aliphatic carbocycles. The van der Waals surface area contributed by atoms with E-state index in [0.717, 1.165) is 0 Å². The van der Waals surface area contributed by atoms with Gasteiger partial charge in [-0.2, -0.15) is 5.26 Å². The summed E-state index contributed by atoms with van der Waals surface area (Å²) in [4.78, 5) is 37.6. The van der Waals surface area contributed by atoms with Crippen molar-refractivity contribution in [2.24, 2.45) is 0 Å². The molecular formula is C21H16N2O5. The van der Waals surface area contributed by atoms with E-state index in [0.29, 0.717) is 36.3 Å². The predicted octanol–water partition coefficient (Wildman–Crippen LogP) is 2.46. The second-order valence-corrected chi connectivity index (χ2v) is 6.04. The number of carbonyl (C=O) groups excluding carboxylic acids is 3. The zero-order chi connectivity index (χ0) is 19.9. The van der Waals surface area contributed by atoms with Crippen LogP contribution in [0, 0.1) is 11.3 Å². The van der Waals surface area contributed by atoms with Gasteiger partial charge in [0, 0.05) is 18.5 Å². The van der Waals surface area contributed by atoms with E-state index in [4.69, 9.17) is 14.7 Å². The van der Waals surface area contributed by atoms with E-state index >= 15 is 0 Å². The molecule has 0 spiro atoms. The summed E-state index contributed by atoms with van der Waals surface area (Å²) in [5.41, 5.74) is 0.827. The second-order valence-electron chi connectivity index (χ2n) is 6.04. The Kier molecular flexibility index (Phi) is 5.85. The minimum absolute atomic E-state index is 0.301. The van der Waals surface area contributed by atoms with Crippen molar-refractivity contribution in [1.82, 2.24) is 4.90 Å². The molecule has 1 saturated heterocycles. The van der Waals surface area contributed by atoms with Crippen molar-refractivity contribution in [3.05, 3.63) is 71.5 Å². The van der Waals surface area contributed by atoms with E-state index in [9.17, 15) is 14.4 Å². The van der Waals surface area contributed by atoms with Crippen LogP contribution in [0.1, 0.15) is 28.8 Å². The Balaban J connectivity index is 1.68. The van der Waals surface area contributed by atoms with Gasteiger partial charge in [-0.15, -0.1) is 0 Å². The van der Waals surface area contributed by atoms with Crippen molar-refractivity contribution in [3.8, 4) is 11.8 Å². The number of nitrogens with zero attached hydrogens (tertiary/aromatic N) is 2. The zero-order valence-corrected chi connectivity index (χ0v) is 14.8. The van der Waals surface area contributed by atoms with Crippen LogP contribution < -0.4 is 4.74 Å². The number of ether oxygens (including phenoxy) is 2. The third kappa shape index (κ3) is 4.26. The van der Waals surface area contributed by atoms with Gasteiger partial charge < -0.3 is 14.4 Å². The number of amides is 1. The van der Waals surface area contributed by atoms with E-state index in [2.05, 4.69) is 0 Å². The third-order valence-corrected chi connectivity index (χ3v) is 4.20. The number of carbonyl (C=O) groups is 2. The van der Waals surface area contributed by atoms with Gasteiger partial charge in [0.1, 0.15) is 5.75 Å². The molecule has 28 heavy (non-hydrogen) atoms. The van der Waals surface area contributed by atoms with Crippen LogP contribution in [0.3, 0.4) is 0 Å². The Bertz CT molecular complexity index is 957. The lowest BCUT2D eigenvalue weighted by Gasteiger charge is -2.24. The molecule has 2 aromatic carbocycles. The number of hydrogen-bond donors (Lipinski definition) is 0. The molecule has 0 bridgehead atoms. The molecule has 7 nitrogen and oxygen atoms in total. The van der Waals surface area contributed by atoms with E-state index < -0.39 is 18.0 Å². The largest absolute Gasteiger partial charge is 0.439 e. The number of rotatable bonds is 5. The number of hydrogen-bond acceptors (Lipinski definition) is 6. The summed E-state index contributed by atoms with van der Waals surface area (Å²) >= 11 is 0. The molecule has 0 aromatic heterocycles. The normalized spacial score (nSPS) is 15.2. The molecule has 0 radical (unpaired) electrons. The molecule has 1 amide bonds. The first kappa shape index (κ1) is 18.9. The quantitative estimate of drug-likeness (QED) is 0.344. The first-order chi connectivity index (χ1) is 13.6. The van der Waals surface area contributed by atoms with Crippen molar-refractivity contribution in [2.45, 2.75) is 19.1 Å². The summed E-state index contributed by atoms with van der Waals surface area (Å²) in [5, 5.41) is 8.85. The Morgan fingerprint density at radius 2 is 1.79 bits per heavy atom. The highest BCUT2D eigenvalue weighted by Crippen LogP contribution is 2.23. The van der Waals surface area contributed by atoms with Crippen molar-refractivity contribution >= 4 is 17.8 Å². The SMILES string of the molecule is N#Cc1ccc(C(=O)N2CCCC2OC(=O)C(=C=O)Oc2ccccc2)cc1. The lowest BCUT2D eigenvalue weighted by atomic mass is 10.1. The van der Waals surface area contributed by atoms with Crippen LogP contribution in [0.5, 0.6) is 5.75 Å². The molecule has 1 atom stereocenters. The summed E-state index contributed by atoms with van der Waals surface area (Å²) in [5.74, 6) is -0.160. The Hall–Kier alpha value is -3.88. The Morgan fingerprint density at radius 1 is 1.07 bits per heavy atom. The first-order valence-electron chi connectivity index (χ1n) is 8.62. The number of para-hydroxylation sites is 1. The maximum Gasteiger partial charge on any atom is 0.388 e. The van der Waals surface area contributed by atoms with Crippen molar-refractivity contribution in [3.63, 3.8) is 0 Å². The van der Waals surface area contributed by atoms with Gasteiger partial charge in [-0.1, -0.05) is 18.2 Å². The topological polar surface area (TPSA) is 96.7 Å². The minimum atomic E-state index is -0.983. The number of benzene rings is 2. The number of likely N-dealkylation sites (tertiary alicyclic amines) is 1. The molecule has 7 heteroatoms. The molecule has 140 valence electrons. The monoisotopic (exact) mass is 376 g/mol. The summed E-state index contributed by atoms with van der Waals surface area (Å²) in [6.45, 7) is 0.413. The van der Waals surface area contributed by atoms with Crippen LogP contribution >= 0.6 is 0 Å². The van der Waals surface area contributed by atoms with Crippen LogP contribution in [-0.2, 0) is 14.3 Å². The third-order valence-electron chi connectivity index (χ3n) is 4.20. The Labute approximate surface area is 161 Å². The van der Waals surface area contributed by atoms with Crippen LogP contribution in [0.4, 0.5) is 0 Å². The highest BCUT2D eigenvalue weighted by Gasteiger charge is 2.33. The molecule has 1 aliphatic heterocycles. The first-order valence-corrected chi connectivity index (χ1v) is 8.62. The van der Waals surface area contributed by atoms with Gasteiger partial charge in [0.15, 0.2) is 12.2 Å². The average molecular weight is 376 g/mol. The van der Waals surface area contributed by atoms with Crippen molar-refractivity contribution < 1.29 is 23.9 Å². The van der Waals surface area contributed by atoms with Crippen molar-refractivity contribution in [1.29, 1.82) is 5.26 Å². The number of esters is 1.